The van der Waals surface area contributed by atoms with Crippen LogP contribution in [0, 0.1) is 13.8 Å². The van der Waals surface area contributed by atoms with Crippen LogP contribution in [0.3, 0.4) is 0 Å². The third-order valence-electron chi connectivity index (χ3n) is 4.92. The molecule has 0 aliphatic carbocycles. The van der Waals surface area contributed by atoms with Crippen molar-refractivity contribution in [2.75, 3.05) is 28.6 Å². The van der Waals surface area contributed by atoms with E-state index in [0.29, 0.717) is 5.56 Å². The van der Waals surface area contributed by atoms with Gasteiger partial charge < -0.3 is 15.5 Å². The smallest absolute Gasteiger partial charge is 0.257 e. The first-order chi connectivity index (χ1) is 14.0. The molecule has 0 aliphatic heterocycles. The van der Waals surface area contributed by atoms with Gasteiger partial charge in [-0.15, -0.1) is 0 Å². The maximum Gasteiger partial charge on any atom is 0.257 e. The standard InChI is InChI=1S/C24H28N4O/c1-5-28(6-2)22-10-8-20(9-11-22)26-21-14-19(15-25-16-21)24(29)27-23-12-7-17(3)13-18(23)4/h7-16,26H,5-6H2,1-4H3,(H,27,29). The quantitative estimate of drug-likeness (QED) is 0.558. The van der Waals surface area contributed by atoms with E-state index < -0.39 is 0 Å². The Kier molecular flexibility index (Phi) is 6.50. The van der Waals surface area contributed by atoms with E-state index in [0.717, 1.165) is 35.7 Å². The number of hydrogen-bond donors (Lipinski definition) is 2. The minimum Gasteiger partial charge on any atom is -0.372 e. The van der Waals surface area contributed by atoms with Gasteiger partial charge in [-0.2, -0.15) is 0 Å². The maximum absolute atomic E-state index is 12.7. The van der Waals surface area contributed by atoms with E-state index >= 15 is 0 Å². The number of hydrogen-bond acceptors (Lipinski definition) is 4. The van der Waals surface area contributed by atoms with Crippen molar-refractivity contribution in [3.63, 3.8) is 0 Å². The molecular formula is C24H28N4O. The minimum absolute atomic E-state index is 0.176. The van der Waals surface area contributed by atoms with Crippen LogP contribution < -0.4 is 15.5 Å². The fraction of sp³-hybridized carbons (Fsp3) is 0.250. The zero-order chi connectivity index (χ0) is 20.8. The van der Waals surface area contributed by atoms with Gasteiger partial charge in [-0.3, -0.25) is 9.78 Å². The first-order valence-corrected chi connectivity index (χ1v) is 9.95. The summed E-state index contributed by atoms with van der Waals surface area (Å²) in [6.45, 7) is 10.3. The molecule has 0 atom stereocenters. The lowest BCUT2D eigenvalue weighted by Gasteiger charge is -2.21. The highest BCUT2D eigenvalue weighted by molar-refractivity contribution is 6.05. The Morgan fingerprint density at radius 2 is 1.66 bits per heavy atom. The van der Waals surface area contributed by atoms with Crippen LogP contribution in [0.4, 0.5) is 22.7 Å². The predicted molar refractivity (Wildman–Crippen MR) is 121 cm³/mol. The van der Waals surface area contributed by atoms with E-state index in [9.17, 15) is 4.79 Å². The fourth-order valence-electron chi connectivity index (χ4n) is 3.29. The van der Waals surface area contributed by atoms with E-state index in [1.54, 1.807) is 12.4 Å². The third-order valence-corrected chi connectivity index (χ3v) is 4.92. The average Bonchev–Trinajstić information content (AvgIpc) is 2.72. The molecule has 3 aromatic rings. The van der Waals surface area contributed by atoms with Gasteiger partial charge in [-0.05, 0) is 69.7 Å². The summed E-state index contributed by atoms with van der Waals surface area (Å²) in [4.78, 5) is 19.2. The number of nitrogens with one attached hydrogen (secondary N) is 2. The summed E-state index contributed by atoms with van der Waals surface area (Å²) >= 11 is 0. The van der Waals surface area contributed by atoms with Crippen LogP contribution in [0.25, 0.3) is 0 Å². The van der Waals surface area contributed by atoms with Gasteiger partial charge in [0.1, 0.15) is 0 Å². The summed E-state index contributed by atoms with van der Waals surface area (Å²) in [7, 11) is 0. The molecule has 0 aliphatic rings. The topological polar surface area (TPSA) is 57.3 Å². The summed E-state index contributed by atoms with van der Waals surface area (Å²) in [5, 5.41) is 6.29. The molecule has 0 unspecified atom stereocenters. The van der Waals surface area contributed by atoms with E-state index in [2.05, 4.69) is 46.5 Å². The number of rotatable bonds is 7. The number of carbonyl (C=O) groups is 1. The van der Waals surface area contributed by atoms with Gasteiger partial charge in [0.15, 0.2) is 0 Å². The Bertz CT molecular complexity index is 978. The van der Waals surface area contributed by atoms with E-state index in [1.165, 1.54) is 11.3 Å². The van der Waals surface area contributed by atoms with Gasteiger partial charge in [0, 0.05) is 36.3 Å². The fourth-order valence-corrected chi connectivity index (χ4v) is 3.29. The Morgan fingerprint density at radius 3 is 2.31 bits per heavy atom. The van der Waals surface area contributed by atoms with Crippen molar-refractivity contribution in [3.05, 3.63) is 77.6 Å². The number of benzene rings is 2. The molecule has 0 fully saturated rings. The summed E-state index contributed by atoms with van der Waals surface area (Å²) < 4.78 is 0. The monoisotopic (exact) mass is 388 g/mol. The van der Waals surface area contributed by atoms with Gasteiger partial charge in [-0.25, -0.2) is 0 Å². The summed E-state index contributed by atoms with van der Waals surface area (Å²) in [5.41, 5.74) is 6.44. The molecule has 2 aromatic carbocycles. The van der Waals surface area contributed by atoms with Crippen molar-refractivity contribution in [2.45, 2.75) is 27.7 Å². The highest BCUT2D eigenvalue weighted by Crippen LogP contribution is 2.22. The number of amides is 1. The number of carbonyl (C=O) groups excluding carboxylic acids is 1. The van der Waals surface area contributed by atoms with Gasteiger partial charge in [-0.1, -0.05) is 17.7 Å². The lowest BCUT2D eigenvalue weighted by molar-refractivity contribution is 0.102. The van der Waals surface area contributed by atoms with Crippen molar-refractivity contribution in [1.82, 2.24) is 4.98 Å². The van der Waals surface area contributed by atoms with Gasteiger partial charge >= 0.3 is 0 Å². The number of aromatic nitrogens is 1. The molecular weight excluding hydrogens is 360 g/mol. The van der Waals surface area contributed by atoms with Crippen LogP contribution in [0.1, 0.15) is 35.3 Å². The van der Waals surface area contributed by atoms with Crippen LogP contribution in [0.5, 0.6) is 0 Å². The molecule has 0 bridgehead atoms. The second-order valence-electron chi connectivity index (χ2n) is 7.08. The van der Waals surface area contributed by atoms with Gasteiger partial charge in [0.25, 0.3) is 5.91 Å². The first-order valence-electron chi connectivity index (χ1n) is 9.95. The summed E-state index contributed by atoms with van der Waals surface area (Å²) in [6.07, 6.45) is 3.29. The number of aryl methyl sites for hydroxylation is 2. The lowest BCUT2D eigenvalue weighted by atomic mass is 10.1. The highest BCUT2D eigenvalue weighted by atomic mass is 16.1. The first kappa shape index (κ1) is 20.4. The molecule has 5 nitrogen and oxygen atoms in total. The Balaban J connectivity index is 1.71. The number of pyridine rings is 1. The molecule has 0 saturated carbocycles. The predicted octanol–water partition coefficient (Wildman–Crippen LogP) is 5.54. The largest absolute Gasteiger partial charge is 0.372 e. The molecule has 0 saturated heterocycles. The molecule has 29 heavy (non-hydrogen) atoms. The van der Waals surface area contributed by atoms with Crippen molar-refractivity contribution in [3.8, 4) is 0 Å². The molecule has 1 amide bonds. The second kappa shape index (κ2) is 9.24. The van der Waals surface area contributed by atoms with Gasteiger partial charge in [0.2, 0.25) is 0 Å². The molecule has 1 heterocycles. The molecule has 1 aromatic heterocycles. The average molecular weight is 389 g/mol. The number of nitrogens with zero attached hydrogens (tertiary/aromatic N) is 2. The summed E-state index contributed by atoms with van der Waals surface area (Å²) in [5.74, 6) is -0.176. The highest BCUT2D eigenvalue weighted by Gasteiger charge is 2.10. The van der Waals surface area contributed by atoms with Crippen LogP contribution in [0.15, 0.2) is 60.9 Å². The second-order valence-corrected chi connectivity index (χ2v) is 7.08. The van der Waals surface area contributed by atoms with Crippen molar-refractivity contribution >= 4 is 28.7 Å². The Labute approximate surface area is 172 Å². The van der Waals surface area contributed by atoms with Crippen LogP contribution >= 0.6 is 0 Å². The normalized spacial score (nSPS) is 10.5. The Morgan fingerprint density at radius 1 is 0.931 bits per heavy atom. The molecule has 150 valence electrons. The lowest BCUT2D eigenvalue weighted by Crippen LogP contribution is -2.21. The van der Waals surface area contributed by atoms with E-state index in [1.807, 2.05) is 50.2 Å². The zero-order valence-electron chi connectivity index (χ0n) is 17.5. The number of anilines is 4. The van der Waals surface area contributed by atoms with Crippen molar-refractivity contribution in [2.24, 2.45) is 0 Å². The molecule has 5 heteroatoms. The van der Waals surface area contributed by atoms with Crippen molar-refractivity contribution in [1.29, 1.82) is 0 Å². The van der Waals surface area contributed by atoms with Gasteiger partial charge in [0.05, 0.1) is 17.4 Å². The van der Waals surface area contributed by atoms with E-state index in [4.69, 9.17) is 0 Å². The Hall–Kier alpha value is -3.34. The molecule has 2 N–H and O–H groups in total. The SMILES string of the molecule is CCN(CC)c1ccc(Nc2cncc(C(=O)Nc3ccc(C)cc3C)c2)cc1. The molecule has 3 rings (SSSR count). The van der Waals surface area contributed by atoms with Crippen LogP contribution in [0.2, 0.25) is 0 Å². The van der Waals surface area contributed by atoms with Crippen LogP contribution in [-0.4, -0.2) is 24.0 Å². The van der Waals surface area contributed by atoms with E-state index in [-0.39, 0.29) is 5.91 Å². The van der Waals surface area contributed by atoms with Crippen molar-refractivity contribution < 1.29 is 4.79 Å². The molecule has 0 spiro atoms. The maximum atomic E-state index is 12.7. The third kappa shape index (κ3) is 5.13. The minimum atomic E-state index is -0.176. The zero-order valence-corrected chi connectivity index (χ0v) is 17.5. The molecule has 0 radical (unpaired) electrons. The summed E-state index contributed by atoms with van der Waals surface area (Å²) in [6, 6.07) is 16.0. The van der Waals surface area contributed by atoms with Crippen LogP contribution in [-0.2, 0) is 0 Å².